The van der Waals surface area contributed by atoms with E-state index >= 15 is 0 Å². The smallest absolute Gasteiger partial charge is 0.325 e. The number of carbonyl (C=O) groups excluding carboxylic acids is 3. The fraction of sp³-hybridized carbons (Fsp3) is 0.250. The minimum Gasteiger partial charge on any atom is -0.468 e. The maximum absolute atomic E-state index is 12.7. The maximum Gasteiger partial charge on any atom is 0.325 e. The Bertz CT molecular complexity index is 1200. The van der Waals surface area contributed by atoms with E-state index in [1.807, 2.05) is 38.1 Å². The summed E-state index contributed by atoms with van der Waals surface area (Å²) in [5.74, 6) is -1.46. The third-order valence-corrected chi connectivity index (χ3v) is 5.41. The van der Waals surface area contributed by atoms with Crippen LogP contribution < -0.4 is 10.7 Å². The summed E-state index contributed by atoms with van der Waals surface area (Å²) in [4.78, 5) is 37.0. The van der Waals surface area contributed by atoms with Crippen LogP contribution in [-0.2, 0) is 20.9 Å². The highest BCUT2D eigenvalue weighted by molar-refractivity contribution is 6.33. The number of hydrazone groups is 1. The molecule has 0 aliphatic heterocycles. The Kier molecular flexibility index (Phi) is 7.84. The first-order valence-electron chi connectivity index (χ1n) is 10.3. The van der Waals surface area contributed by atoms with Gasteiger partial charge in [-0.1, -0.05) is 55.8 Å². The molecule has 1 heterocycles. The topological polar surface area (TPSA) is 102 Å². The van der Waals surface area contributed by atoms with Gasteiger partial charge >= 0.3 is 5.97 Å². The van der Waals surface area contributed by atoms with Crippen molar-refractivity contribution in [2.45, 2.75) is 26.4 Å². The summed E-state index contributed by atoms with van der Waals surface area (Å²) in [6.45, 7) is 3.70. The van der Waals surface area contributed by atoms with E-state index in [2.05, 4.69) is 15.8 Å². The van der Waals surface area contributed by atoms with E-state index in [9.17, 15) is 14.4 Å². The van der Waals surface area contributed by atoms with Gasteiger partial charge in [-0.25, -0.2) is 5.43 Å². The molecule has 0 aliphatic carbocycles. The number of amides is 2. The highest BCUT2D eigenvalue weighted by Gasteiger charge is 2.25. The van der Waals surface area contributed by atoms with E-state index in [1.165, 1.54) is 13.3 Å². The molecule has 3 rings (SSSR count). The molecule has 172 valence electrons. The largest absolute Gasteiger partial charge is 0.468 e. The van der Waals surface area contributed by atoms with Crippen molar-refractivity contribution >= 4 is 46.5 Å². The van der Waals surface area contributed by atoms with E-state index in [0.29, 0.717) is 10.6 Å². The molecule has 2 aromatic carbocycles. The number of ether oxygens (including phenoxy) is 1. The van der Waals surface area contributed by atoms with Crippen LogP contribution in [0.5, 0.6) is 0 Å². The van der Waals surface area contributed by atoms with Crippen molar-refractivity contribution < 1.29 is 19.1 Å². The van der Waals surface area contributed by atoms with Crippen LogP contribution in [0.25, 0.3) is 10.9 Å². The highest BCUT2D eigenvalue weighted by Crippen LogP contribution is 2.20. The lowest BCUT2D eigenvalue weighted by Gasteiger charge is -2.20. The van der Waals surface area contributed by atoms with Crippen molar-refractivity contribution in [3.05, 3.63) is 70.9 Å². The van der Waals surface area contributed by atoms with Crippen LogP contribution in [0.1, 0.15) is 29.8 Å². The summed E-state index contributed by atoms with van der Waals surface area (Å²) in [6.07, 6.45) is 3.26. The highest BCUT2D eigenvalue weighted by atomic mass is 35.5. The molecule has 33 heavy (non-hydrogen) atoms. The number of fused-ring (bicyclic) bond motifs is 1. The second-order valence-corrected chi connectivity index (χ2v) is 8.12. The molecule has 0 fully saturated rings. The zero-order chi connectivity index (χ0) is 24.0. The number of carbonyl (C=O) groups is 3. The summed E-state index contributed by atoms with van der Waals surface area (Å²) in [6, 6.07) is 13.3. The molecule has 8 nitrogen and oxygen atoms in total. The molecular weight excluding hydrogens is 444 g/mol. The van der Waals surface area contributed by atoms with Crippen molar-refractivity contribution in [2.75, 3.05) is 7.11 Å². The van der Waals surface area contributed by atoms with Gasteiger partial charge in [-0.3, -0.25) is 14.4 Å². The maximum atomic E-state index is 12.7. The second kappa shape index (κ2) is 10.8. The first-order valence-corrected chi connectivity index (χ1v) is 10.7. The fourth-order valence-corrected chi connectivity index (χ4v) is 3.57. The fourth-order valence-electron chi connectivity index (χ4n) is 3.35. The van der Waals surface area contributed by atoms with Crippen molar-refractivity contribution in [3.8, 4) is 0 Å². The second-order valence-electron chi connectivity index (χ2n) is 7.71. The molecular formula is C24H25ClN4O4. The molecule has 0 aliphatic rings. The van der Waals surface area contributed by atoms with E-state index < -0.39 is 17.9 Å². The summed E-state index contributed by atoms with van der Waals surface area (Å²) in [5, 5.41) is 7.97. The SMILES string of the molecule is COC(=O)Cn1cc(C=NNC(=O)C(NC(=O)c2ccccc2Cl)C(C)C)c2ccccc21. The third-order valence-electron chi connectivity index (χ3n) is 5.08. The van der Waals surface area contributed by atoms with Crippen molar-refractivity contribution in [3.63, 3.8) is 0 Å². The molecule has 0 bridgehead atoms. The van der Waals surface area contributed by atoms with Crippen LogP contribution in [0.2, 0.25) is 5.02 Å². The van der Waals surface area contributed by atoms with E-state index in [4.69, 9.17) is 16.3 Å². The average molecular weight is 469 g/mol. The summed E-state index contributed by atoms with van der Waals surface area (Å²) >= 11 is 6.09. The van der Waals surface area contributed by atoms with Crippen LogP contribution in [0.4, 0.5) is 0 Å². The number of methoxy groups -OCH3 is 1. The third kappa shape index (κ3) is 5.78. The molecule has 3 aromatic rings. The molecule has 1 aromatic heterocycles. The van der Waals surface area contributed by atoms with E-state index in [-0.39, 0.29) is 18.4 Å². The zero-order valence-electron chi connectivity index (χ0n) is 18.5. The molecule has 0 saturated carbocycles. The number of nitrogens with one attached hydrogen (secondary N) is 2. The van der Waals surface area contributed by atoms with Gasteiger partial charge in [0.05, 0.1) is 23.9 Å². The molecule has 0 spiro atoms. The van der Waals surface area contributed by atoms with Crippen molar-refractivity contribution in [1.82, 2.24) is 15.3 Å². The Morgan fingerprint density at radius 1 is 1.12 bits per heavy atom. The van der Waals surface area contributed by atoms with Gasteiger partial charge in [0.1, 0.15) is 12.6 Å². The molecule has 9 heteroatoms. The summed E-state index contributed by atoms with van der Waals surface area (Å²) in [5.41, 5.74) is 4.34. The molecule has 1 unspecified atom stereocenters. The monoisotopic (exact) mass is 468 g/mol. The zero-order valence-corrected chi connectivity index (χ0v) is 19.3. The minimum atomic E-state index is -0.813. The Morgan fingerprint density at radius 2 is 1.82 bits per heavy atom. The standard InChI is InChI=1S/C24H25ClN4O4/c1-15(2)22(27-23(31)18-9-4-6-10-19(18)25)24(32)28-26-12-16-13-29(14-21(30)33-3)20-11-7-5-8-17(16)20/h4-13,15,22H,14H2,1-3H3,(H,27,31)(H,28,32). The van der Waals surface area contributed by atoms with Crippen LogP contribution in [0, 0.1) is 5.92 Å². The predicted molar refractivity (Wildman–Crippen MR) is 127 cm³/mol. The van der Waals surface area contributed by atoms with Gasteiger partial charge in [-0.2, -0.15) is 5.10 Å². The van der Waals surface area contributed by atoms with Gasteiger partial charge in [0.2, 0.25) is 0 Å². The lowest BCUT2D eigenvalue weighted by molar-refractivity contribution is -0.141. The average Bonchev–Trinajstić information content (AvgIpc) is 3.14. The number of para-hydroxylation sites is 1. The Balaban J connectivity index is 1.74. The Labute approximate surface area is 196 Å². The summed E-state index contributed by atoms with van der Waals surface area (Å²) in [7, 11) is 1.33. The first kappa shape index (κ1) is 24.0. The van der Waals surface area contributed by atoms with Gasteiger partial charge in [-0.05, 0) is 24.1 Å². The van der Waals surface area contributed by atoms with E-state index in [1.54, 1.807) is 35.0 Å². The molecule has 0 radical (unpaired) electrons. The van der Waals surface area contributed by atoms with Gasteiger partial charge < -0.3 is 14.6 Å². The minimum absolute atomic E-state index is 0.0563. The lowest BCUT2D eigenvalue weighted by Crippen LogP contribution is -2.48. The van der Waals surface area contributed by atoms with Gasteiger partial charge in [0.25, 0.3) is 11.8 Å². The molecule has 1 atom stereocenters. The molecule has 0 saturated heterocycles. The van der Waals surface area contributed by atoms with Gasteiger partial charge in [0.15, 0.2) is 0 Å². The number of aromatic nitrogens is 1. The van der Waals surface area contributed by atoms with Crippen LogP contribution in [0.3, 0.4) is 0 Å². The molecule has 2 amide bonds. The van der Waals surface area contributed by atoms with Crippen LogP contribution >= 0.6 is 11.6 Å². The van der Waals surface area contributed by atoms with Crippen LogP contribution in [-0.4, -0.2) is 41.7 Å². The molecule has 2 N–H and O–H groups in total. The normalized spacial score (nSPS) is 12.2. The Morgan fingerprint density at radius 3 is 2.52 bits per heavy atom. The number of hydrogen-bond donors (Lipinski definition) is 2. The number of nitrogens with zero attached hydrogens (tertiary/aromatic N) is 2. The quantitative estimate of drug-likeness (QED) is 0.300. The summed E-state index contributed by atoms with van der Waals surface area (Å²) < 4.78 is 6.51. The lowest BCUT2D eigenvalue weighted by atomic mass is 10.0. The van der Waals surface area contributed by atoms with Crippen LogP contribution in [0.15, 0.2) is 59.8 Å². The van der Waals surface area contributed by atoms with E-state index in [0.717, 1.165) is 16.5 Å². The number of benzene rings is 2. The van der Waals surface area contributed by atoms with Gasteiger partial charge in [-0.15, -0.1) is 0 Å². The predicted octanol–water partition coefficient (Wildman–Crippen LogP) is 3.37. The van der Waals surface area contributed by atoms with Crippen molar-refractivity contribution in [2.24, 2.45) is 11.0 Å². The number of hydrogen-bond acceptors (Lipinski definition) is 5. The van der Waals surface area contributed by atoms with Gasteiger partial charge in [0, 0.05) is 22.7 Å². The Hall–Kier alpha value is -3.65. The number of rotatable bonds is 8. The first-order chi connectivity index (χ1) is 15.8. The number of halogens is 1. The number of esters is 1. The van der Waals surface area contributed by atoms with Crippen molar-refractivity contribution in [1.29, 1.82) is 0 Å².